The van der Waals surface area contributed by atoms with Gasteiger partial charge in [0.25, 0.3) is 0 Å². The van der Waals surface area contributed by atoms with Gasteiger partial charge in [0.2, 0.25) is 0 Å². The summed E-state index contributed by atoms with van der Waals surface area (Å²) in [4.78, 5) is 10.8. The zero-order valence-corrected chi connectivity index (χ0v) is 13.2. The lowest BCUT2D eigenvalue weighted by Crippen LogP contribution is -2.34. The molecule has 1 fully saturated rings. The van der Waals surface area contributed by atoms with E-state index in [-0.39, 0.29) is 0 Å². The van der Waals surface area contributed by atoms with E-state index in [9.17, 15) is 4.79 Å². The van der Waals surface area contributed by atoms with Crippen molar-refractivity contribution in [1.29, 1.82) is 0 Å². The lowest BCUT2D eigenvalue weighted by atomic mass is 9.93. The van der Waals surface area contributed by atoms with Crippen LogP contribution in [0.1, 0.15) is 51.6 Å². The molecule has 0 aliphatic heterocycles. The molecular formula is C17H27N3O. The predicted molar refractivity (Wildman–Crippen MR) is 87.2 cm³/mol. The van der Waals surface area contributed by atoms with Crippen molar-refractivity contribution in [2.24, 2.45) is 17.6 Å². The van der Waals surface area contributed by atoms with Gasteiger partial charge >= 0.3 is 6.03 Å². The van der Waals surface area contributed by atoms with E-state index in [0.29, 0.717) is 12.1 Å². The average molecular weight is 289 g/mol. The molecule has 0 radical (unpaired) electrons. The number of carbonyl (C=O) groups is 1. The Hall–Kier alpha value is -1.55. The number of primary amides is 1. The molecule has 2 rings (SSSR count). The number of carbonyl (C=O) groups excluding carboxylic acids is 1. The first-order chi connectivity index (χ1) is 10.0. The Bertz CT molecular complexity index is 471. The second-order valence-corrected chi connectivity index (χ2v) is 6.21. The Morgan fingerprint density at radius 1 is 1.33 bits per heavy atom. The number of hydrogen-bond donors (Lipinski definition) is 3. The molecule has 0 bridgehead atoms. The molecule has 1 aliphatic carbocycles. The Morgan fingerprint density at radius 3 is 2.52 bits per heavy atom. The fraction of sp³-hybridized carbons (Fsp3) is 0.588. The summed E-state index contributed by atoms with van der Waals surface area (Å²) in [6, 6.07) is 8.26. The van der Waals surface area contributed by atoms with Gasteiger partial charge in [0.05, 0.1) is 0 Å². The van der Waals surface area contributed by atoms with Crippen LogP contribution in [0.4, 0.5) is 10.5 Å². The van der Waals surface area contributed by atoms with Crippen molar-refractivity contribution in [1.82, 2.24) is 5.32 Å². The van der Waals surface area contributed by atoms with Gasteiger partial charge in [0.1, 0.15) is 0 Å². The summed E-state index contributed by atoms with van der Waals surface area (Å²) in [5, 5.41) is 6.34. The van der Waals surface area contributed by atoms with Crippen molar-refractivity contribution in [2.75, 3.05) is 5.32 Å². The summed E-state index contributed by atoms with van der Waals surface area (Å²) in [6.07, 6.45) is 3.88. The van der Waals surface area contributed by atoms with Crippen LogP contribution in [-0.2, 0) is 0 Å². The topological polar surface area (TPSA) is 67.2 Å². The normalized spacial score (nSPS) is 26.5. The van der Waals surface area contributed by atoms with E-state index in [1.165, 1.54) is 24.8 Å². The van der Waals surface area contributed by atoms with Crippen molar-refractivity contribution in [2.45, 2.75) is 52.1 Å². The van der Waals surface area contributed by atoms with E-state index in [1.807, 2.05) is 24.3 Å². The van der Waals surface area contributed by atoms with Crippen molar-refractivity contribution in [3.05, 3.63) is 29.8 Å². The molecule has 0 spiro atoms. The number of nitrogens with one attached hydrogen (secondary N) is 2. The van der Waals surface area contributed by atoms with Crippen molar-refractivity contribution in [3.8, 4) is 0 Å². The lowest BCUT2D eigenvalue weighted by molar-refractivity contribution is 0.259. The summed E-state index contributed by atoms with van der Waals surface area (Å²) < 4.78 is 0. The number of amides is 2. The van der Waals surface area contributed by atoms with Crippen LogP contribution < -0.4 is 16.4 Å². The standard InChI is InChI=1S/C17H27N3O/c1-4-13-7-10-16(11(13)2)19-12(3)14-5-8-15(9-6-14)20-17(18)21/h5-6,8-9,11-13,16,19H,4,7,10H2,1-3H3,(H3,18,20,21). The summed E-state index contributed by atoms with van der Waals surface area (Å²) in [5.41, 5.74) is 7.08. The fourth-order valence-corrected chi connectivity index (χ4v) is 3.47. The second-order valence-electron chi connectivity index (χ2n) is 6.21. The second kappa shape index (κ2) is 6.94. The summed E-state index contributed by atoms with van der Waals surface area (Å²) in [6.45, 7) is 6.85. The molecule has 21 heavy (non-hydrogen) atoms. The lowest BCUT2D eigenvalue weighted by Gasteiger charge is -2.25. The minimum absolute atomic E-state index is 0.315. The fourth-order valence-electron chi connectivity index (χ4n) is 3.47. The highest BCUT2D eigenvalue weighted by Crippen LogP contribution is 2.35. The molecule has 0 heterocycles. The predicted octanol–water partition coefficient (Wildman–Crippen LogP) is 3.65. The Kier molecular flexibility index (Phi) is 5.23. The van der Waals surface area contributed by atoms with Crippen LogP contribution in [0.3, 0.4) is 0 Å². The van der Waals surface area contributed by atoms with E-state index in [1.54, 1.807) is 0 Å². The van der Waals surface area contributed by atoms with Gasteiger partial charge in [-0.25, -0.2) is 4.79 Å². The van der Waals surface area contributed by atoms with Gasteiger partial charge < -0.3 is 16.4 Å². The largest absolute Gasteiger partial charge is 0.351 e. The summed E-state index contributed by atoms with van der Waals surface area (Å²) in [7, 11) is 0. The third kappa shape index (κ3) is 3.97. The highest BCUT2D eigenvalue weighted by atomic mass is 16.2. The first-order valence-electron chi connectivity index (χ1n) is 7.93. The third-order valence-electron chi connectivity index (χ3n) is 4.89. The van der Waals surface area contributed by atoms with Crippen LogP contribution in [0.15, 0.2) is 24.3 Å². The zero-order valence-electron chi connectivity index (χ0n) is 13.2. The Morgan fingerprint density at radius 2 is 2.00 bits per heavy atom. The first kappa shape index (κ1) is 15.8. The Balaban J connectivity index is 1.94. The molecule has 1 aromatic carbocycles. The van der Waals surface area contributed by atoms with Gasteiger partial charge in [-0.1, -0.05) is 32.4 Å². The molecular weight excluding hydrogens is 262 g/mol. The van der Waals surface area contributed by atoms with E-state index < -0.39 is 6.03 Å². The molecule has 116 valence electrons. The molecule has 4 N–H and O–H groups in total. The van der Waals surface area contributed by atoms with Crippen LogP contribution in [0.2, 0.25) is 0 Å². The maximum absolute atomic E-state index is 10.8. The van der Waals surface area contributed by atoms with Crippen molar-refractivity contribution < 1.29 is 4.79 Å². The maximum Gasteiger partial charge on any atom is 0.316 e. The molecule has 1 saturated carbocycles. The number of urea groups is 1. The quantitative estimate of drug-likeness (QED) is 0.774. The van der Waals surface area contributed by atoms with E-state index in [0.717, 1.165) is 17.5 Å². The minimum atomic E-state index is -0.528. The smallest absolute Gasteiger partial charge is 0.316 e. The van der Waals surface area contributed by atoms with Gasteiger partial charge in [-0.2, -0.15) is 0 Å². The molecule has 4 nitrogen and oxygen atoms in total. The van der Waals surface area contributed by atoms with Gasteiger partial charge in [-0.05, 0) is 49.3 Å². The number of hydrogen-bond acceptors (Lipinski definition) is 2. The van der Waals surface area contributed by atoms with Gasteiger partial charge in [-0.15, -0.1) is 0 Å². The van der Waals surface area contributed by atoms with E-state index in [4.69, 9.17) is 5.73 Å². The molecule has 0 aromatic heterocycles. The third-order valence-corrected chi connectivity index (χ3v) is 4.89. The van der Waals surface area contributed by atoms with E-state index >= 15 is 0 Å². The van der Waals surface area contributed by atoms with E-state index in [2.05, 4.69) is 31.4 Å². The monoisotopic (exact) mass is 289 g/mol. The van der Waals surface area contributed by atoms with Gasteiger partial charge in [0, 0.05) is 17.8 Å². The Labute approximate surface area is 127 Å². The van der Waals surface area contributed by atoms with Gasteiger partial charge in [-0.3, -0.25) is 0 Å². The van der Waals surface area contributed by atoms with Crippen molar-refractivity contribution in [3.63, 3.8) is 0 Å². The van der Waals surface area contributed by atoms with Crippen LogP contribution in [0.5, 0.6) is 0 Å². The molecule has 4 heteroatoms. The highest BCUT2D eigenvalue weighted by Gasteiger charge is 2.32. The van der Waals surface area contributed by atoms with Crippen LogP contribution in [0, 0.1) is 11.8 Å². The zero-order chi connectivity index (χ0) is 15.4. The number of nitrogens with two attached hydrogens (primary N) is 1. The molecule has 0 saturated heterocycles. The molecule has 4 unspecified atom stereocenters. The molecule has 4 atom stereocenters. The highest BCUT2D eigenvalue weighted by molar-refractivity contribution is 5.87. The minimum Gasteiger partial charge on any atom is -0.351 e. The first-order valence-corrected chi connectivity index (χ1v) is 7.93. The SMILES string of the molecule is CCC1CCC(NC(C)c2ccc(NC(N)=O)cc2)C1C. The van der Waals surface area contributed by atoms with Crippen LogP contribution >= 0.6 is 0 Å². The number of anilines is 1. The molecule has 1 aromatic rings. The maximum atomic E-state index is 10.8. The number of benzene rings is 1. The van der Waals surface area contributed by atoms with Gasteiger partial charge in [0.15, 0.2) is 0 Å². The van der Waals surface area contributed by atoms with Crippen LogP contribution in [0.25, 0.3) is 0 Å². The summed E-state index contributed by atoms with van der Waals surface area (Å²) >= 11 is 0. The summed E-state index contributed by atoms with van der Waals surface area (Å²) in [5.74, 6) is 1.60. The average Bonchev–Trinajstić information content (AvgIpc) is 2.79. The molecule has 2 amide bonds. The van der Waals surface area contributed by atoms with Crippen LogP contribution in [-0.4, -0.2) is 12.1 Å². The number of rotatable bonds is 5. The van der Waals surface area contributed by atoms with Crippen molar-refractivity contribution >= 4 is 11.7 Å². The molecule has 1 aliphatic rings.